The highest BCUT2D eigenvalue weighted by atomic mass is 35.5. The van der Waals surface area contributed by atoms with Crippen molar-refractivity contribution in [2.24, 2.45) is 0 Å². The highest BCUT2D eigenvalue weighted by Crippen LogP contribution is 2.54. The molecule has 0 saturated carbocycles. The number of aliphatic carboxylic acids is 2. The lowest BCUT2D eigenvalue weighted by atomic mass is 10.2. The molecule has 4 nitrogen and oxygen atoms in total. The van der Waals surface area contributed by atoms with Crippen molar-refractivity contribution in [2.75, 3.05) is 0 Å². The van der Waals surface area contributed by atoms with Crippen LogP contribution in [0.2, 0.25) is 0 Å². The average molecular weight is 339 g/mol. The summed E-state index contributed by atoms with van der Waals surface area (Å²) in [6.07, 6.45) is 0. The zero-order chi connectivity index (χ0) is 12.7. The van der Waals surface area contributed by atoms with E-state index < -0.39 is 24.9 Å². The molecule has 0 bridgehead atoms. The highest BCUT2D eigenvalue weighted by Gasteiger charge is 2.68. The van der Waals surface area contributed by atoms with E-state index >= 15 is 0 Å². The van der Waals surface area contributed by atoms with Crippen LogP contribution in [0.5, 0.6) is 0 Å². The van der Waals surface area contributed by atoms with Crippen LogP contribution in [0, 0.1) is 0 Å². The molecule has 10 heteroatoms. The summed E-state index contributed by atoms with van der Waals surface area (Å²) >= 11 is 31.8. The molecule has 0 aliphatic rings. The Kier molecular flexibility index (Phi) is 4.71. The molecule has 0 saturated heterocycles. The lowest BCUT2D eigenvalue weighted by Gasteiger charge is -2.35. The summed E-state index contributed by atoms with van der Waals surface area (Å²) in [7, 11) is 0. The Balaban J connectivity index is 5.50. The molecule has 0 atom stereocenters. The van der Waals surface area contributed by atoms with E-state index in [0.717, 1.165) is 0 Å². The fraction of sp³-hybridized carbons (Fsp3) is 0.600. The Hall–Kier alpha value is 0.680. The van der Waals surface area contributed by atoms with Crippen molar-refractivity contribution in [3.05, 3.63) is 0 Å². The van der Waals surface area contributed by atoms with E-state index in [0.29, 0.717) is 0 Å². The summed E-state index contributed by atoms with van der Waals surface area (Å²) in [5, 5.41) is 17.2. The monoisotopic (exact) mass is 336 g/mol. The molecule has 0 aromatic carbocycles. The topological polar surface area (TPSA) is 74.6 Å². The standard InChI is InChI=1S/C5H2Cl6O4/c6-3(7,1(12)13)5(10,11)4(8,9)2(14)15/h(H,12,13)(H,14,15). The first-order chi connectivity index (χ1) is 6.39. The molecule has 0 fully saturated rings. The summed E-state index contributed by atoms with van der Waals surface area (Å²) in [4.78, 5) is 21.2. The summed E-state index contributed by atoms with van der Waals surface area (Å²) in [6.45, 7) is 0. The van der Waals surface area contributed by atoms with Gasteiger partial charge in [-0.2, -0.15) is 0 Å². The van der Waals surface area contributed by atoms with E-state index in [1.54, 1.807) is 0 Å². The summed E-state index contributed by atoms with van der Waals surface area (Å²) < 4.78 is -8.64. The molecule has 0 aromatic heterocycles. The first-order valence-electron chi connectivity index (χ1n) is 2.99. The maximum Gasteiger partial charge on any atom is 0.343 e. The first kappa shape index (κ1) is 15.7. The zero-order valence-electron chi connectivity index (χ0n) is 6.48. The third-order valence-electron chi connectivity index (χ3n) is 1.33. The third-order valence-corrected chi connectivity index (χ3v) is 5.01. The molecule has 2 N–H and O–H groups in total. The Bertz CT molecular complexity index is 270. The molecule has 0 amide bonds. The Morgan fingerprint density at radius 1 is 0.733 bits per heavy atom. The van der Waals surface area contributed by atoms with Gasteiger partial charge >= 0.3 is 11.9 Å². The van der Waals surface area contributed by atoms with Crippen molar-refractivity contribution in [1.82, 2.24) is 0 Å². The third kappa shape index (κ3) is 2.51. The molecular formula is C5H2Cl6O4. The number of hydrogen-bond acceptors (Lipinski definition) is 2. The van der Waals surface area contributed by atoms with E-state index in [4.69, 9.17) is 79.8 Å². The summed E-state index contributed by atoms with van der Waals surface area (Å²) in [6, 6.07) is 0. The van der Waals surface area contributed by atoms with Gasteiger partial charge in [-0.15, -0.1) is 0 Å². The van der Waals surface area contributed by atoms with Crippen LogP contribution in [0.4, 0.5) is 0 Å². The number of carboxylic acids is 2. The Morgan fingerprint density at radius 3 is 1.07 bits per heavy atom. The van der Waals surface area contributed by atoms with Gasteiger partial charge in [0.25, 0.3) is 0 Å². The number of alkyl halides is 6. The van der Waals surface area contributed by atoms with Crippen molar-refractivity contribution >= 4 is 81.5 Å². The minimum Gasteiger partial charge on any atom is -0.479 e. The van der Waals surface area contributed by atoms with Gasteiger partial charge in [-0.1, -0.05) is 69.6 Å². The van der Waals surface area contributed by atoms with Crippen LogP contribution in [-0.4, -0.2) is 35.2 Å². The number of carbonyl (C=O) groups is 2. The molecule has 0 spiro atoms. The van der Waals surface area contributed by atoms with Crippen molar-refractivity contribution in [2.45, 2.75) is 13.0 Å². The van der Waals surface area contributed by atoms with E-state index in [9.17, 15) is 9.59 Å². The van der Waals surface area contributed by atoms with E-state index in [1.165, 1.54) is 0 Å². The van der Waals surface area contributed by atoms with Crippen LogP contribution in [0.3, 0.4) is 0 Å². The second-order valence-electron chi connectivity index (χ2n) is 2.33. The van der Waals surface area contributed by atoms with Gasteiger partial charge in [0.15, 0.2) is 0 Å². The van der Waals surface area contributed by atoms with Crippen LogP contribution in [0.1, 0.15) is 0 Å². The molecule has 0 radical (unpaired) electrons. The lowest BCUT2D eigenvalue weighted by Crippen LogP contribution is -2.57. The number of rotatable bonds is 4. The first-order valence-corrected chi connectivity index (χ1v) is 5.26. The maximum atomic E-state index is 10.6. The molecule has 0 rings (SSSR count). The zero-order valence-corrected chi connectivity index (χ0v) is 11.0. The summed E-state index contributed by atoms with van der Waals surface area (Å²) in [5.41, 5.74) is 0. The quantitative estimate of drug-likeness (QED) is 0.773. The molecule has 88 valence electrons. The molecule has 0 heterocycles. The molecule has 0 aliphatic carbocycles. The normalized spacial score (nSPS) is 13.7. The second kappa shape index (κ2) is 4.51. The minimum absolute atomic E-state index is 1.89. The smallest absolute Gasteiger partial charge is 0.343 e. The maximum absolute atomic E-state index is 10.6. The molecular weight excluding hydrogens is 337 g/mol. The largest absolute Gasteiger partial charge is 0.479 e. The Morgan fingerprint density at radius 2 is 0.933 bits per heavy atom. The molecule has 0 unspecified atom stereocenters. The van der Waals surface area contributed by atoms with Crippen molar-refractivity contribution in [1.29, 1.82) is 0 Å². The van der Waals surface area contributed by atoms with Gasteiger partial charge in [0.1, 0.15) is 0 Å². The highest BCUT2D eigenvalue weighted by molar-refractivity contribution is 6.76. The van der Waals surface area contributed by atoms with Gasteiger partial charge in [0, 0.05) is 0 Å². The molecule has 15 heavy (non-hydrogen) atoms. The van der Waals surface area contributed by atoms with Crippen molar-refractivity contribution < 1.29 is 19.8 Å². The second-order valence-corrected chi connectivity index (χ2v) is 6.32. The van der Waals surface area contributed by atoms with Gasteiger partial charge in [0.2, 0.25) is 13.0 Å². The fourth-order valence-electron chi connectivity index (χ4n) is 0.466. The molecule has 0 aromatic rings. The number of halogens is 6. The van der Waals surface area contributed by atoms with E-state index in [-0.39, 0.29) is 0 Å². The van der Waals surface area contributed by atoms with E-state index in [1.807, 2.05) is 0 Å². The van der Waals surface area contributed by atoms with Gasteiger partial charge in [0.05, 0.1) is 0 Å². The predicted octanol–water partition coefficient (Wildman–Crippen LogP) is 2.68. The summed E-state index contributed by atoms with van der Waals surface area (Å²) in [5.74, 6) is -3.77. The molecule has 0 aliphatic heterocycles. The van der Waals surface area contributed by atoms with Crippen LogP contribution in [0.15, 0.2) is 0 Å². The van der Waals surface area contributed by atoms with Crippen molar-refractivity contribution in [3.63, 3.8) is 0 Å². The van der Waals surface area contributed by atoms with Crippen molar-refractivity contribution in [3.8, 4) is 0 Å². The minimum atomic E-state index is -2.89. The fourth-order valence-corrected chi connectivity index (χ4v) is 1.55. The van der Waals surface area contributed by atoms with Crippen LogP contribution < -0.4 is 0 Å². The van der Waals surface area contributed by atoms with Gasteiger partial charge in [-0.25, -0.2) is 9.59 Å². The van der Waals surface area contributed by atoms with Gasteiger partial charge in [-0.05, 0) is 0 Å². The number of carboxylic acid groups (broad SMARTS) is 2. The Labute approximate surface area is 114 Å². The average Bonchev–Trinajstić information content (AvgIpc) is 2.02. The van der Waals surface area contributed by atoms with E-state index in [2.05, 4.69) is 0 Å². The van der Waals surface area contributed by atoms with Crippen LogP contribution in [-0.2, 0) is 9.59 Å². The SMILES string of the molecule is O=C(O)C(Cl)(Cl)C(Cl)(Cl)C(Cl)(Cl)C(=O)O. The van der Waals surface area contributed by atoms with Crippen LogP contribution in [0.25, 0.3) is 0 Å². The van der Waals surface area contributed by atoms with Gasteiger partial charge in [-0.3, -0.25) is 0 Å². The van der Waals surface area contributed by atoms with Crippen LogP contribution >= 0.6 is 69.6 Å². The number of hydrogen-bond donors (Lipinski definition) is 2. The predicted molar refractivity (Wildman–Crippen MR) is 58.6 cm³/mol. The van der Waals surface area contributed by atoms with Gasteiger partial charge < -0.3 is 10.2 Å². The lowest BCUT2D eigenvalue weighted by molar-refractivity contribution is -0.140.